The van der Waals surface area contributed by atoms with Crippen molar-refractivity contribution in [2.45, 2.75) is 33.1 Å². The van der Waals surface area contributed by atoms with E-state index in [9.17, 15) is 5.11 Å². The van der Waals surface area contributed by atoms with Gasteiger partial charge >= 0.3 is 0 Å². The lowest BCUT2D eigenvalue weighted by Crippen LogP contribution is -2.24. The molecule has 0 saturated carbocycles. The molecule has 7 heteroatoms. The molecule has 2 rings (SSSR count). The average molecular weight is 463 g/mol. The van der Waals surface area contributed by atoms with Crippen LogP contribution in [0.2, 0.25) is 10.0 Å². The highest BCUT2D eigenvalue weighted by Crippen LogP contribution is 2.34. The molecule has 0 amide bonds. The smallest absolute Gasteiger partial charge is 0.162 e. The van der Waals surface area contributed by atoms with Crippen LogP contribution in [0.3, 0.4) is 0 Å². The van der Waals surface area contributed by atoms with Crippen molar-refractivity contribution in [3.63, 3.8) is 0 Å². The van der Waals surface area contributed by atoms with E-state index in [1.807, 2.05) is 25.1 Å². The largest absolute Gasteiger partial charge is 0.490 e. The van der Waals surface area contributed by atoms with Gasteiger partial charge in [0.05, 0.1) is 22.8 Å². The molecule has 2 N–H and O–H groups in total. The van der Waals surface area contributed by atoms with E-state index >= 15 is 0 Å². The maximum atomic E-state index is 9.36. The minimum absolute atomic E-state index is 0.350. The SMILES string of the molecule is CCOc1cc(CNCC(C)O)c(Br)cc1OCc1ccc(Cl)c(Cl)c1. The van der Waals surface area contributed by atoms with Crippen molar-refractivity contribution in [3.05, 3.63) is 56.0 Å². The maximum absolute atomic E-state index is 9.36. The highest BCUT2D eigenvalue weighted by molar-refractivity contribution is 9.10. The van der Waals surface area contributed by atoms with Crippen LogP contribution in [-0.4, -0.2) is 24.4 Å². The van der Waals surface area contributed by atoms with Gasteiger partial charge in [-0.05, 0) is 49.2 Å². The predicted octanol–water partition coefficient (Wildman–Crippen LogP) is 5.20. The molecule has 142 valence electrons. The van der Waals surface area contributed by atoms with E-state index in [0.717, 1.165) is 15.6 Å². The molecule has 0 aliphatic rings. The molecule has 1 unspecified atom stereocenters. The number of aliphatic hydroxyl groups is 1. The standard InChI is InChI=1S/C19H22BrCl2NO3/c1-3-25-18-7-14(10-23-9-12(2)24)15(20)8-19(18)26-11-13-4-5-16(21)17(22)6-13/h4-8,12,23-24H,3,9-11H2,1-2H3. The molecule has 0 spiro atoms. The Kier molecular flexibility index (Phi) is 8.51. The Morgan fingerprint density at radius 3 is 2.50 bits per heavy atom. The van der Waals surface area contributed by atoms with E-state index in [0.29, 0.717) is 47.8 Å². The monoisotopic (exact) mass is 461 g/mol. The molecule has 1 atom stereocenters. The molecule has 4 nitrogen and oxygen atoms in total. The summed E-state index contributed by atoms with van der Waals surface area (Å²) in [5.74, 6) is 1.31. The highest BCUT2D eigenvalue weighted by atomic mass is 79.9. The van der Waals surface area contributed by atoms with E-state index < -0.39 is 6.10 Å². The number of benzene rings is 2. The number of hydrogen-bond acceptors (Lipinski definition) is 4. The van der Waals surface area contributed by atoms with Crippen LogP contribution in [0, 0.1) is 0 Å². The van der Waals surface area contributed by atoms with Crippen LogP contribution in [0.4, 0.5) is 0 Å². The maximum Gasteiger partial charge on any atom is 0.162 e. The highest BCUT2D eigenvalue weighted by Gasteiger charge is 2.12. The summed E-state index contributed by atoms with van der Waals surface area (Å²) in [4.78, 5) is 0. The minimum atomic E-state index is -0.394. The Hall–Kier alpha value is -0.980. The third-order valence-corrected chi connectivity index (χ3v) is 5.02. The summed E-state index contributed by atoms with van der Waals surface area (Å²) >= 11 is 15.6. The molecule has 2 aromatic rings. The molecule has 0 fully saturated rings. The summed E-state index contributed by atoms with van der Waals surface area (Å²) in [6.45, 7) is 5.68. The van der Waals surface area contributed by atoms with Crippen molar-refractivity contribution in [3.8, 4) is 11.5 Å². The fraction of sp³-hybridized carbons (Fsp3) is 0.368. The van der Waals surface area contributed by atoms with Gasteiger partial charge in [-0.1, -0.05) is 45.2 Å². The lowest BCUT2D eigenvalue weighted by Gasteiger charge is -2.16. The van der Waals surface area contributed by atoms with Crippen LogP contribution >= 0.6 is 39.1 Å². The number of nitrogens with one attached hydrogen (secondary N) is 1. The summed E-state index contributed by atoms with van der Waals surface area (Å²) in [6, 6.07) is 9.24. The molecule has 0 aromatic heterocycles. The van der Waals surface area contributed by atoms with Gasteiger partial charge in [0.1, 0.15) is 6.61 Å². The Morgan fingerprint density at radius 1 is 1.12 bits per heavy atom. The van der Waals surface area contributed by atoms with Gasteiger partial charge in [-0.3, -0.25) is 0 Å². The second-order valence-electron chi connectivity index (χ2n) is 5.84. The predicted molar refractivity (Wildman–Crippen MR) is 109 cm³/mol. The van der Waals surface area contributed by atoms with Crippen molar-refractivity contribution in [1.29, 1.82) is 0 Å². The summed E-state index contributed by atoms with van der Waals surface area (Å²) in [5.41, 5.74) is 1.94. The molecule has 0 bridgehead atoms. The van der Waals surface area contributed by atoms with Gasteiger partial charge in [0.15, 0.2) is 11.5 Å². The van der Waals surface area contributed by atoms with Crippen LogP contribution in [-0.2, 0) is 13.2 Å². The molecular weight excluding hydrogens is 441 g/mol. The molecule has 2 aromatic carbocycles. The Bertz CT molecular complexity index is 741. The van der Waals surface area contributed by atoms with Gasteiger partial charge in [-0.15, -0.1) is 0 Å². The average Bonchev–Trinajstić information content (AvgIpc) is 2.59. The molecule has 0 aliphatic carbocycles. The number of hydrogen-bond donors (Lipinski definition) is 2. The zero-order valence-electron chi connectivity index (χ0n) is 14.7. The van der Waals surface area contributed by atoms with E-state index in [1.165, 1.54) is 0 Å². The number of aliphatic hydroxyl groups excluding tert-OH is 1. The van der Waals surface area contributed by atoms with Crippen LogP contribution < -0.4 is 14.8 Å². The van der Waals surface area contributed by atoms with Crippen molar-refractivity contribution >= 4 is 39.1 Å². The summed E-state index contributed by atoms with van der Waals surface area (Å²) in [6.07, 6.45) is -0.394. The fourth-order valence-corrected chi connectivity index (χ4v) is 3.08. The van der Waals surface area contributed by atoms with Gasteiger partial charge in [0.2, 0.25) is 0 Å². The first-order chi connectivity index (χ1) is 12.4. The third-order valence-electron chi connectivity index (χ3n) is 3.55. The lowest BCUT2D eigenvalue weighted by atomic mass is 10.2. The Morgan fingerprint density at radius 2 is 1.85 bits per heavy atom. The van der Waals surface area contributed by atoms with E-state index in [1.54, 1.807) is 19.1 Å². The molecule has 0 aliphatic heterocycles. The molecule has 0 heterocycles. The van der Waals surface area contributed by atoms with Crippen molar-refractivity contribution in [1.82, 2.24) is 5.32 Å². The summed E-state index contributed by atoms with van der Waals surface area (Å²) in [5, 5.41) is 13.6. The summed E-state index contributed by atoms with van der Waals surface area (Å²) < 4.78 is 12.6. The number of halogens is 3. The van der Waals surface area contributed by atoms with Crippen molar-refractivity contribution in [2.24, 2.45) is 0 Å². The van der Waals surface area contributed by atoms with Crippen LogP contribution in [0.5, 0.6) is 11.5 Å². The van der Waals surface area contributed by atoms with Gasteiger partial charge in [-0.25, -0.2) is 0 Å². The van der Waals surface area contributed by atoms with Crippen molar-refractivity contribution in [2.75, 3.05) is 13.2 Å². The molecular formula is C19H22BrCl2NO3. The number of ether oxygens (including phenoxy) is 2. The van der Waals surface area contributed by atoms with Gasteiger partial charge in [0, 0.05) is 17.6 Å². The first-order valence-corrected chi connectivity index (χ1v) is 9.86. The first kappa shape index (κ1) is 21.3. The topological polar surface area (TPSA) is 50.7 Å². The normalized spacial score (nSPS) is 12.1. The Labute approximate surface area is 172 Å². The van der Waals surface area contributed by atoms with Crippen LogP contribution in [0.25, 0.3) is 0 Å². The molecule has 0 radical (unpaired) electrons. The quantitative estimate of drug-likeness (QED) is 0.537. The lowest BCUT2D eigenvalue weighted by molar-refractivity contribution is 0.191. The summed E-state index contributed by atoms with van der Waals surface area (Å²) in [7, 11) is 0. The van der Waals surface area contributed by atoms with Crippen LogP contribution in [0.1, 0.15) is 25.0 Å². The molecule has 0 saturated heterocycles. The van der Waals surface area contributed by atoms with E-state index in [2.05, 4.69) is 21.2 Å². The van der Waals surface area contributed by atoms with Gasteiger partial charge < -0.3 is 19.9 Å². The first-order valence-electron chi connectivity index (χ1n) is 8.31. The van der Waals surface area contributed by atoms with E-state index in [-0.39, 0.29) is 0 Å². The molecule has 26 heavy (non-hydrogen) atoms. The Balaban J connectivity index is 2.13. The van der Waals surface area contributed by atoms with Crippen LogP contribution in [0.15, 0.2) is 34.8 Å². The zero-order valence-corrected chi connectivity index (χ0v) is 17.8. The number of rotatable bonds is 9. The zero-order chi connectivity index (χ0) is 19.1. The third kappa shape index (κ3) is 6.32. The minimum Gasteiger partial charge on any atom is -0.490 e. The second kappa shape index (κ2) is 10.4. The second-order valence-corrected chi connectivity index (χ2v) is 7.51. The van der Waals surface area contributed by atoms with E-state index in [4.69, 9.17) is 32.7 Å². The fourth-order valence-electron chi connectivity index (χ4n) is 2.30. The van der Waals surface area contributed by atoms with Gasteiger partial charge in [0.25, 0.3) is 0 Å². The van der Waals surface area contributed by atoms with Crippen molar-refractivity contribution < 1.29 is 14.6 Å². The van der Waals surface area contributed by atoms with Gasteiger partial charge in [-0.2, -0.15) is 0 Å².